The van der Waals surface area contributed by atoms with Crippen molar-refractivity contribution in [3.8, 4) is 163 Å². The zero-order valence-electron chi connectivity index (χ0n) is 46.8. The highest BCUT2D eigenvalue weighted by molar-refractivity contribution is 5.83. The fourth-order valence-corrected chi connectivity index (χ4v) is 11.8. The Bertz CT molecular complexity index is 3890. The third-order valence-corrected chi connectivity index (χ3v) is 16.8. The minimum Gasteiger partial charge on any atom is -0.508 e. The van der Waals surface area contributed by atoms with Gasteiger partial charge in [0, 0.05) is 83.0 Å². The molecule has 12 aromatic carbocycles. The minimum absolute atomic E-state index is 0.0601. The Morgan fingerprint density at radius 2 is 0.322 bits per heavy atom. The summed E-state index contributed by atoms with van der Waals surface area (Å²) >= 11 is 0. The molecule has 87 heavy (non-hydrogen) atoms. The average Bonchev–Trinajstić information content (AvgIpc) is 1.50. The maximum Gasteiger partial charge on any atom is 0.127 e. The zero-order chi connectivity index (χ0) is 60.4. The van der Waals surface area contributed by atoms with Crippen LogP contribution in [0.4, 0.5) is 0 Å². The normalized spacial score (nSPS) is 11.9. The monoisotopic (exact) mass is 1140 g/mol. The van der Waals surface area contributed by atoms with Crippen LogP contribution in [-0.2, 0) is 19.3 Å². The van der Waals surface area contributed by atoms with Crippen molar-refractivity contribution >= 4 is 0 Å². The summed E-state index contributed by atoms with van der Waals surface area (Å²) in [4.78, 5) is 0. The molecule has 0 saturated carbocycles. The number of benzene rings is 12. The van der Waals surface area contributed by atoms with Gasteiger partial charge in [0.1, 0.15) is 63.2 Å². The molecule has 0 amide bonds. The predicted octanol–water partition coefficient (Wildman–Crippen LogP) is 16.8. The van der Waals surface area contributed by atoms with E-state index in [0.29, 0.717) is 89.9 Å². The number of fused-ring (bicyclic) bond motifs is 6. The Labute approximate surface area is 500 Å². The third kappa shape index (κ3) is 10.5. The van der Waals surface area contributed by atoms with Crippen LogP contribution in [-0.4, -0.2) is 56.2 Å². The van der Waals surface area contributed by atoms with Crippen LogP contribution in [0.5, 0.6) is 63.2 Å². The smallest absolute Gasteiger partial charge is 0.127 e. The van der Waals surface area contributed by atoms with Gasteiger partial charge in [-0.3, -0.25) is 0 Å². The first-order valence-electron chi connectivity index (χ1n) is 28.2. The average molecular weight is 1150 g/mol. The van der Waals surface area contributed by atoms with E-state index in [1.54, 1.807) is 36.4 Å². The third-order valence-electron chi connectivity index (χ3n) is 16.8. The van der Waals surface area contributed by atoms with E-state index >= 15 is 0 Å². The second-order valence-corrected chi connectivity index (χ2v) is 22.3. The molecular weight excluding hydrogens is 1090 g/mol. The van der Waals surface area contributed by atoms with Gasteiger partial charge in [0.05, 0.1) is 0 Å². The van der Waals surface area contributed by atoms with Gasteiger partial charge in [-0.2, -0.15) is 0 Å². The predicted molar refractivity (Wildman–Crippen MR) is 340 cm³/mol. The highest BCUT2D eigenvalue weighted by Crippen LogP contribution is 2.45. The molecule has 24 bridgehead atoms. The lowest BCUT2D eigenvalue weighted by Gasteiger charge is -2.15. The van der Waals surface area contributed by atoms with Crippen molar-refractivity contribution in [1.29, 1.82) is 0 Å². The lowest BCUT2D eigenvalue weighted by Crippen LogP contribution is -1.95. The van der Waals surface area contributed by atoms with Gasteiger partial charge in [-0.05, 0) is 155 Å². The molecule has 0 saturated heterocycles. The maximum absolute atomic E-state index is 11.3. The summed E-state index contributed by atoms with van der Waals surface area (Å²) in [5, 5.41) is 123. The van der Waals surface area contributed by atoms with Crippen molar-refractivity contribution in [2.45, 2.75) is 26.2 Å². The topological polar surface area (TPSA) is 223 Å². The van der Waals surface area contributed by atoms with Crippen molar-refractivity contribution in [2.24, 2.45) is 0 Å². The van der Waals surface area contributed by atoms with E-state index in [4.69, 9.17) is 0 Å². The molecule has 0 radical (unpaired) electrons. The van der Waals surface area contributed by atoms with E-state index in [9.17, 15) is 56.2 Å². The van der Waals surface area contributed by atoms with Gasteiger partial charge in [0.15, 0.2) is 0 Å². The van der Waals surface area contributed by atoms with Gasteiger partial charge in [-0.25, -0.2) is 0 Å². The molecule has 0 spiro atoms. The maximum atomic E-state index is 11.3. The number of rotatable bonds is 0. The van der Waals surface area contributed by atoms with Crippen LogP contribution in [0, 0.1) is 6.92 Å². The molecule has 12 aromatic rings. The lowest BCUT2D eigenvalue weighted by molar-refractivity contribution is 0.442. The van der Waals surface area contributed by atoms with Crippen molar-refractivity contribution < 1.29 is 56.2 Å². The molecule has 0 atom stereocenters. The highest BCUT2D eigenvalue weighted by atomic mass is 16.3. The Hall–Kier alpha value is -11.6. The van der Waals surface area contributed by atoms with E-state index in [0.717, 1.165) is 55.6 Å². The number of hydrogen-bond donors (Lipinski definition) is 11. The number of aryl methyl sites for hydroxylation is 1. The van der Waals surface area contributed by atoms with Crippen LogP contribution < -0.4 is 0 Å². The molecular formula is C76H56O11. The van der Waals surface area contributed by atoms with E-state index in [1.165, 1.54) is 30.3 Å². The van der Waals surface area contributed by atoms with E-state index in [-0.39, 0.29) is 76.1 Å². The highest BCUT2D eigenvalue weighted by Gasteiger charge is 2.21. The summed E-state index contributed by atoms with van der Waals surface area (Å²) < 4.78 is 0. The molecule has 0 aromatic heterocycles. The standard InChI is InChI=1S/C76H56O11/c1-41-26-71(82)60-30-54(41)27-55-31-61(72(83)36-66(55)77)49-16-4-44(5-17-49)45-8-20-51(21-9-45)63-33-58(68(79)38-74(63)85)29-59-35-65(76(87)40-70(59)81)53-24-12-47(13-25-53)46-10-22-52(23-11-46)64-34-57(69(80)39-75(64)86)28-56-32-62(73(84)37-67(56)78)50-18-6-43(7-19-50)42-2-14-48(60)15-3-42/h2-26,30-40,77-87H,27-29H2,1H3. The first-order valence-corrected chi connectivity index (χ1v) is 28.2. The van der Waals surface area contributed by atoms with Gasteiger partial charge in [0.2, 0.25) is 0 Å². The van der Waals surface area contributed by atoms with E-state index in [1.807, 2.05) is 159 Å². The van der Waals surface area contributed by atoms with Crippen LogP contribution in [0.3, 0.4) is 0 Å². The second-order valence-electron chi connectivity index (χ2n) is 22.3. The zero-order valence-corrected chi connectivity index (χ0v) is 46.8. The van der Waals surface area contributed by atoms with Gasteiger partial charge in [0.25, 0.3) is 0 Å². The van der Waals surface area contributed by atoms with E-state index in [2.05, 4.69) is 0 Å². The molecule has 7 aliphatic rings. The fourth-order valence-electron chi connectivity index (χ4n) is 11.8. The van der Waals surface area contributed by atoms with Gasteiger partial charge in [-0.1, -0.05) is 146 Å². The summed E-state index contributed by atoms with van der Waals surface area (Å²) in [7, 11) is 0. The number of hydrogen-bond acceptors (Lipinski definition) is 11. The minimum atomic E-state index is -0.177. The molecule has 11 heteroatoms. The van der Waals surface area contributed by atoms with Crippen molar-refractivity contribution in [3.05, 3.63) is 257 Å². The molecule has 7 aliphatic carbocycles. The largest absolute Gasteiger partial charge is 0.508 e. The molecule has 0 unspecified atom stereocenters. The van der Waals surface area contributed by atoms with Crippen LogP contribution in [0.2, 0.25) is 0 Å². The summed E-state index contributed by atoms with van der Waals surface area (Å²) in [5.74, 6) is -1.33. The molecule has 0 fully saturated rings. The Morgan fingerprint density at radius 1 is 0.172 bits per heavy atom. The number of phenols is 11. The Kier molecular flexibility index (Phi) is 13.8. The molecule has 426 valence electrons. The van der Waals surface area contributed by atoms with Gasteiger partial charge in [-0.15, -0.1) is 0 Å². The summed E-state index contributed by atoms with van der Waals surface area (Å²) in [6, 6.07) is 64.3. The van der Waals surface area contributed by atoms with Gasteiger partial charge >= 0.3 is 0 Å². The van der Waals surface area contributed by atoms with E-state index < -0.39 is 0 Å². The van der Waals surface area contributed by atoms with Crippen LogP contribution in [0.1, 0.15) is 38.9 Å². The molecule has 0 heterocycles. The van der Waals surface area contributed by atoms with Crippen molar-refractivity contribution in [2.75, 3.05) is 0 Å². The van der Waals surface area contributed by atoms with Gasteiger partial charge < -0.3 is 56.2 Å². The van der Waals surface area contributed by atoms with Crippen molar-refractivity contribution in [3.63, 3.8) is 0 Å². The van der Waals surface area contributed by atoms with Crippen molar-refractivity contribution in [1.82, 2.24) is 0 Å². The van der Waals surface area contributed by atoms with Crippen LogP contribution in [0.25, 0.3) is 100 Å². The second kappa shape index (κ2) is 21.9. The summed E-state index contributed by atoms with van der Waals surface area (Å²) in [5.41, 5.74) is 16.4. The summed E-state index contributed by atoms with van der Waals surface area (Å²) in [6.45, 7) is 1.90. The SMILES string of the molecule is Cc1cc(O)c2cc1Cc1cc(c(O)cc1O)-c1ccc(cc1)-c1ccc(cc1)-c1cc(c(O)cc1O)Cc1cc(c(O)cc1O)-c1ccc(cc1)-c1ccc(cc1)-c1cc(c(O)cc1O)Cc1cc(c(O)cc1O)-c1ccc(cc1)-c1ccc-2cc1. The fraction of sp³-hybridized carbons (Fsp3) is 0.0526. The first kappa shape index (κ1) is 54.7. The Balaban J connectivity index is 0.861. The molecule has 11 nitrogen and oxygen atoms in total. The summed E-state index contributed by atoms with van der Waals surface area (Å²) in [6.07, 6.45) is 0.422. The molecule has 11 N–H and O–H groups in total. The quantitative estimate of drug-likeness (QED) is 0.0685. The van der Waals surface area contributed by atoms with Crippen LogP contribution in [0.15, 0.2) is 218 Å². The number of aromatic hydroxyl groups is 11. The Morgan fingerprint density at radius 3 is 0.517 bits per heavy atom. The van der Waals surface area contributed by atoms with Crippen LogP contribution >= 0.6 is 0 Å². The number of phenolic OH excluding ortho intramolecular Hbond substituents is 11. The molecule has 19 rings (SSSR count). The lowest BCUT2D eigenvalue weighted by atomic mass is 9.91. The first-order chi connectivity index (χ1) is 42.0. The molecule has 0 aliphatic heterocycles.